The predicted octanol–water partition coefficient (Wildman–Crippen LogP) is 3.90. The number of rotatable bonds is 7. The number of morpholine rings is 1. The minimum Gasteiger partial charge on any atom is -0.378 e. The Kier molecular flexibility index (Phi) is 6.16. The minimum absolute atomic E-state index is 0.104. The molecule has 0 unspecified atom stereocenters. The van der Waals surface area contributed by atoms with Crippen LogP contribution >= 0.6 is 11.8 Å². The maximum Gasteiger partial charge on any atom is 0.228 e. The summed E-state index contributed by atoms with van der Waals surface area (Å²) in [6.45, 7) is 8.23. The molecule has 2 heterocycles. The van der Waals surface area contributed by atoms with Gasteiger partial charge < -0.3 is 9.64 Å². The van der Waals surface area contributed by atoms with Gasteiger partial charge in [0.2, 0.25) is 5.95 Å². The van der Waals surface area contributed by atoms with Gasteiger partial charge in [-0.3, -0.25) is 9.36 Å². The summed E-state index contributed by atoms with van der Waals surface area (Å²) in [5.41, 5.74) is 0.736. The van der Waals surface area contributed by atoms with Crippen LogP contribution in [0.2, 0.25) is 0 Å². The lowest BCUT2D eigenvalue weighted by molar-refractivity contribution is 0.102. The fourth-order valence-electron chi connectivity index (χ4n) is 3.49. The topological polar surface area (TPSA) is 60.2 Å². The molecule has 1 aliphatic heterocycles. The van der Waals surface area contributed by atoms with Crippen LogP contribution in [0, 0.1) is 5.92 Å². The third-order valence-electron chi connectivity index (χ3n) is 4.94. The average Bonchev–Trinajstić information content (AvgIpc) is 3.14. The Morgan fingerprint density at radius 2 is 1.86 bits per heavy atom. The van der Waals surface area contributed by atoms with Crippen LogP contribution in [0.5, 0.6) is 0 Å². The number of anilines is 1. The molecule has 3 aromatic rings. The number of Topliss-reactive ketones (excluding diaryl/α,β-unsaturated/α-hetero) is 1. The number of ketones is 1. The van der Waals surface area contributed by atoms with Crippen molar-refractivity contribution in [2.24, 2.45) is 5.92 Å². The number of hydrogen-bond donors (Lipinski definition) is 0. The zero-order valence-electron chi connectivity index (χ0n) is 16.9. The van der Waals surface area contributed by atoms with Crippen molar-refractivity contribution in [3.8, 4) is 0 Å². The van der Waals surface area contributed by atoms with E-state index in [0.29, 0.717) is 24.9 Å². The number of benzene rings is 2. The van der Waals surface area contributed by atoms with Crippen LogP contribution in [0.4, 0.5) is 5.95 Å². The van der Waals surface area contributed by atoms with Crippen molar-refractivity contribution in [1.29, 1.82) is 0 Å². The molecule has 29 heavy (non-hydrogen) atoms. The molecule has 1 aliphatic rings. The van der Waals surface area contributed by atoms with Crippen LogP contribution in [-0.4, -0.2) is 52.6 Å². The second-order valence-electron chi connectivity index (χ2n) is 7.66. The summed E-state index contributed by atoms with van der Waals surface area (Å²) in [5.74, 6) is 1.79. The third-order valence-corrected chi connectivity index (χ3v) is 5.91. The van der Waals surface area contributed by atoms with Crippen molar-refractivity contribution < 1.29 is 9.53 Å². The molecule has 1 saturated heterocycles. The molecule has 0 saturated carbocycles. The van der Waals surface area contributed by atoms with Crippen molar-refractivity contribution in [2.45, 2.75) is 25.5 Å². The van der Waals surface area contributed by atoms with Crippen LogP contribution in [0.1, 0.15) is 24.2 Å². The second kappa shape index (κ2) is 8.97. The quantitative estimate of drug-likeness (QED) is 0.435. The highest BCUT2D eigenvalue weighted by atomic mass is 32.2. The van der Waals surface area contributed by atoms with Gasteiger partial charge in [-0.05, 0) is 22.8 Å². The summed E-state index contributed by atoms with van der Waals surface area (Å²) in [7, 11) is 0. The van der Waals surface area contributed by atoms with Crippen molar-refractivity contribution in [1.82, 2.24) is 14.8 Å². The van der Waals surface area contributed by atoms with Gasteiger partial charge in [0.1, 0.15) is 0 Å². The highest BCUT2D eigenvalue weighted by molar-refractivity contribution is 7.99. The van der Waals surface area contributed by atoms with E-state index in [-0.39, 0.29) is 5.78 Å². The Bertz CT molecular complexity index is 995. The SMILES string of the molecule is CC(C)Cn1c(SCC(=O)c2ccc3ccccc3c2)nnc1N1CCOCC1. The fourth-order valence-corrected chi connectivity index (χ4v) is 4.32. The average molecular weight is 411 g/mol. The monoisotopic (exact) mass is 410 g/mol. The Labute approximate surface area is 175 Å². The first kappa shape index (κ1) is 19.9. The summed E-state index contributed by atoms with van der Waals surface area (Å²) in [6.07, 6.45) is 0. The van der Waals surface area contributed by atoms with Gasteiger partial charge in [0.05, 0.1) is 19.0 Å². The molecule has 0 bridgehead atoms. The van der Waals surface area contributed by atoms with Gasteiger partial charge >= 0.3 is 0 Å². The number of thioether (sulfide) groups is 1. The zero-order chi connectivity index (χ0) is 20.2. The lowest BCUT2D eigenvalue weighted by Gasteiger charge is -2.28. The van der Waals surface area contributed by atoms with Gasteiger partial charge in [-0.1, -0.05) is 62.0 Å². The molecule has 6 nitrogen and oxygen atoms in total. The van der Waals surface area contributed by atoms with Gasteiger partial charge in [0, 0.05) is 25.2 Å². The first-order valence-corrected chi connectivity index (χ1v) is 11.0. The van der Waals surface area contributed by atoms with E-state index in [9.17, 15) is 4.79 Å². The maximum atomic E-state index is 12.8. The number of ether oxygens (including phenoxy) is 1. The van der Waals surface area contributed by atoms with Gasteiger partial charge in [-0.15, -0.1) is 10.2 Å². The van der Waals surface area contributed by atoms with Gasteiger partial charge in [-0.2, -0.15) is 0 Å². The van der Waals surface area contributed by atoms with Crippen LogP contribution in [-0.2, 0) is 11.3 Å². The smallest absolute Gasteiger partial charge is 0.228 e. The molecule has 4 rings (SSSR count). The van der Waals surface area contributed by atoms with E-state index < -0.39 is 0 Å². The lowest BCUT2D eigenvalue weighted by atomic mass is 10.1. The molecule has 152 valence electrons. The molecule has 0 spiro atoms. The van der Waals surface area contributed by atoms with E-state index in [4.69, 9.17) is 4.74 Å². The standard InChI is InChI=1S/C22H26N4O2S/c1-16(2)14-26-21(25-9-11-28-12-10-25)23-24-22(26)29-15-20(27)19-8-7-17-5-3-4-6-18(17)13-19/h3-8,13,16H,9-12,14-15H2,1-2H3. The Morgan fingerprint density at radius 3 is 2.62 bits per heavy atom. The molecule has 0 amide bonds. The molecule has 2 aromatic carbocycles. The van der Waals surface area contributed by atoms with E-state index in [1.165, 1.54) is 11.8 Å². The molecule has 0 radical (unpaired) electrons. The molecule has 0 N–H and O–H groups in total. The Hall–Kier alpha value is -2.38. The van der Waals surface area contributed by atoms with E-state index >= 15 is 0 Å². The van der Waals surface area contributed by atoms with Gasteiger partial charge in [0.15, 0.2) is 10.9 Å². The zero-order valence-corrected chi connectivity index (χ0v) is 17.7. The van der Waals surface area contributed by atoms with Gasteiger partial charge in [-0.25, -0.2) is 0 Å². The summed E-state index contributed by atoms with van der Waals surface area (Å²) in [6, 6.07) is 14.0. The van der Waals surface area contributed by atoms with Gasteiger partial charge in [0.25, 0.3) is 0 Å². The molecule has 1 fully saturated rings. The summed E-state index contributed by atoms with van der Waals surface area (Å²) in [4.78, 5) is 15.0. The third kappa shape index (κ3) is 4.62. The molecule has 1 aromatic heterocycles. The van der Waals surface area contributed by atoms with Crippen LogP contribution < -0.4 is 4.90 Å². The first-order valence-electron chi connectivity index (χ1n) is 10.0. The molecular formula is C22H26N4O2S. The number of carbonyl (C=O) groups excluding carboxylic acids is 1. The Balaban J connectivity index is 1.50. The van der Waals surface area contributed by atoms with Crippen LogP contribution in [0.25, 0.3) is 10.8 Å². The fraction of sp³-hybridized carbons (Fsp3) is 0.409. The number of carbonyl (C=O) groups is 1. The Morgan fingerprint density at radius 1 is 1.10 bits per heavy atom. The van der Waals surface area contributed by atoms with Crippen LogP contribution in [0.15, 0.2) is 47.6 Å². The number of nitrogens with zero attached hydrogens (tertiary/aromatic N) is 4. The predicted molar refractivity (Wildman–Crippen MR) is 117 cm³/mol. The van der Waals surface area contributed by atoms with Crippen molar-refractivity contribution in [3.05, 3.63) is 48.0 Å². The highest BCUT2D eigenvalue weighted by Crippen LogP contribution is 2.25. The van der Waals surface area contributed by atoms with E-state index in [2.05, 4.69) is 39.6 Å². The molecule has 7 heteroatoms. The summed E-state index contributed by atoms with van der Waals surface area (Å²) >= 11 is 1.46. The maximum absolute atomic E-state index is 12.8. The normalized spacial score (nSPS) is 14.7. The van der Waals surface area contributed by atoms with E-state index in [1.54, 1.807) is 0 Å². The summed E-state index contributed by atoms with van der Waals surface area (Å²) < 4.78 is 7.61. The van der Waals surface area contributed by atoms with E-state index in [1.807, 2.05) is 36.4 Å². The lowest BCUT2D eigenvalue weighted by Crippen LogP contribution is -2.38. The van der Waals surface area contributed by atoms with E-state index in [0.717, 1.165) is 47.1 Å². The number of aromatic nitrogens is 3. The molecular weight excluding hydrogens is 384 g/mol. The van der Waals surface area contributed by atoms with Crippen molar-refractivity contribution >= 4 is 34.3 Å². The molecule has 0 atom stereocenters. The molecule has 0 aliphatic carbocycles. The number of hydrogen-bond acceptors (Lipinski definition) is 6. The minimum atomic E-state index is 0.104. The number of fused-ring (bicyclic) bond motifs is 1. The first-order chi connectivity index (χ1) is 14.1. The summed E-state index contributed by atoms with van der Waals surface area (Å²) in [5, 5.41) is 11.9. The second-order valence-corrected chi connectivity index (χ2v) is 8.60. The largest absolute Gasteiger partial charge is 0.378 e. The van der Waals surface area contributed by atoms with Crippen LogP contribution in [0.3, 0.4) is 0 Å². The van der Waals surface area contributed by atoms with Crippen molar-refractivity contribution in [3.63, 3.8) is 0 Å². The highest BCUT2D eigenvalue weighted by Gasteiger charge is 2.22. The van der Waals surface area contributed by atoms with Crippen molar-refractivity contribution in [2.75, 3.05) is 37.0 Å².